The van der Waals surface area contributed by atoms with Crippen LogP contribution in [0.25, 0.3) is 10.9 Å². The number of urea groups is 1. The van der Waals surface area contributed by atoms with Crippen LogP contribution in [0.5, 0.6) is 0 Å². The zero-order valence-corrected chi connectivity index (χ0v) is 16.6. The van der Waals surface area contributed by atoms with Crippen LogP contribution in [0.3, 0.4) is 0 Å². The van der Waals surface area contributed by atoms with Crippen molar-refractivity contribution in [2.75, 3.05) is 25.0 Å². The smallest absolute Gasteiger partial charge is 0.383 e. The van der Waals surface area contributed by atoms with Crippen LogP contribution in [0.15, 0.2) is 42.6 Å². The molecular formula is C20H16ClF4N5O. The van der Waals surface area contributed by atoms with Gasteiger partial charge in [-0.1, -0.05) is 11.6 Å². The van der Waals surface area contributed by atoms with Gasteiger partial charge in [0.15, 0.2) is 0 Å². The predicted octanol–water partition coefficient (Wildman–Crippen LogP) is 4.19. The molecule has 2 aromatic heterocycles. The van der Waals surface area contributed by atoms with Crippen molar-refractivity contribution in [1.29, 1.82) is 0 Å². The highest BCUT2D eigenvalue weighted by atomic mass is 35.5. The highest BCUT2D eigenvalue weighted by molar-refractivity contribution is 6.31. The number of carbonyl (C=O) groups is 1. The van der Waals surface area contributed by atoms with Crippen molar-refractivity contribution in [2.24, 2.45) is 5.73 Å². The third-order valence-corrected chi connectivity index (χ3v) is 5.48. The molecule has 0 radical (unpaired) electrons. The molecule has 0 bridgehead atoms. The molecule has 0 aliphatic carbocycles. The van der Waals surface area contributed by atoms with Gasteiger partial charge in [0.05, 0.1) is 22.8 Å². The normalized spacial score (nSPS) is 15.6. The fourth-order valence-corrected chi connectivity index (χ4v) is 3.82. The van der Waals surface area contributed by atoms with Crippen molar-refractivity contribution in [2.45, 2.75) is 11.6 Å². The van der Waals surface area contributed by atoms with E-state index in [-0.39, 0.29) is 35.9 Å². The largest absolute Gasteiger partial charge is 0.433 e. The van der Waals surface area contributed by atoms with Crippen molar-refractivity contribution in [3.05, 3.63) is 64.8 Å². The van der Waals surface area contributed by atoms with Crippen molar-refractivity contribution in [3.8, 4) is 0 Å². The van der Waals surface area contributed by atoms with E-state index in [2.05, 4.69) is 15.3 Å². The minimum atomic E-state index is -4.65. The summed E-state index contributed by atoms with van der Waals surface area (Å²) in [7, 11) is 0. The van der Waals surface area contributed by atoms with Crippen LogP contribution < -0.4 is 11.1 Å². The second kappa shape index (κ2) is 7.52. The summed E-state index contributed by atoms with van der Waals surface area (Å²) in [4.78, 5) is 20.6. The van der Waals surface area contributed by atoms with E-state index in [0.717, 1.165) is 12.3 Å². The summed E-state index contributed by atoms with van der Waals surface area (Å²) in [5.74, 6) is -0.523. The van der Waals surface area contributed by atoms with Crippen LogP contribution in [0, 0.1) is 5.82 Å². The number of aromatic nitrogens is 2. The lowest BCUT2D eigenvalue weighted by molar-refractivity contribution is -0.140. The Morgan fingerprint density at radius 3 is 2.58 bits per heavy atom. The molecule has 31 heavy (non-hydrogen) atoms. The van der Waals surface area contributed by atoms with Crippen LogP contribution in [-0.4, -0.2) is 40.5 Å². The van der Waals surface area contributed by atoms with Crippen molar-refractivity contribution in [1.82, 2.24) is 14.9 Å². The SMILES string of the molecule is NC(=O)N1CC(CNc2cc(C(F)(F)F)nc3cc(Cl)ccc23)(c2ccc(F)cn2)C1. The van der Waals surface area contributed by atoms with E-state index in [4.69, 9.17) is 17.3 Å². The van der Waals surface area contributed by atoms with Gasteiger partial charge in [-0.25, -0.2) is 14.2 Å². The maximum Gasteiger partial charge on any atom is 0.433 e. The molecule has 2 amide bonds. The molecule has 3 aromatic rings. The monoisotopic (exact) mass is 453 g/mol. The van der Waals surface area contributed by atoms with Crippen molar-refractivity contribution < 1.29 is 22.4 Å². The van der Waals surface area contributed by atoms with Gasteiger partial charge in [-0.05, 0) is 36.4 Å². The Bertz CT molecular complexity index is 1150. The molecule has 0 spiro atoms. The Hall–Kier alpha value is -3.14. The summed E-state index contributed by atoms with van der Waals surface area (Å²) in [5, 5.41) is 3.75. The first kappa shape index (κ1) is 21.1. The number of hydrogen-bond acceptors (Lipinski definition) is 4. The van der Waals surface area contributed by atoms with E-state index >= 15 is 0 Å². The molecule has 162 valence electrons. The molecule has 0 unspecified atom stereocenters. The Labute approximate surface area is 179 Å². The number of fused-ring (bicyclic) bond motifs is 1. The summed E-state index contributed by atoms with van der Waals surface area (Å²) < 4.78 is 53.4. The van der Waals surface area contributed by atoms with E-state index in [1.54, 1.807) is 12.1 Å². The molecule has 0 atom stereocenters. The number of pyridine rings is 2. The summed E-state index contributed by atoms with van der Waals surface area (Å²) >= 11 is 5.93. The molecule has 0 saturated carbocycles. The van der Waals surface area contributed by atoms with Crippen molar-refractivity contribution >= 4 is 34.2 Å². The van der Waals surface area contributed by atoms with Gasteiger partial charge in [0.1, 0.15) is 11.5 Å². The fraction of sp³-hybridized carbons (Fsp3) is 0.250. The number of hydrogen-bond donors (Lipinski definition) is 2. The van der Waals surface area contributed by atoms with Crippen LogP contribution >= 0.6 is 11.6 Å². The summed E-state index contributed by atoms with van der Waals surface area (Å²) in [6, 6.07) is 7.51. The third-order valence-electron chi connectivity index (χ3n) is 5.25. The van der Waals surface area contributed by atoms with Gasteiger partial charge in [0.2, 0.25) is 0 Å². The first-order chi connectivity index (χ1) is 14.6. The molecule has 1 aliphatic rings. The third kappa shape index (κ3) is 4.07. The maximum absolute atomic E-state index is 13.4. The molecule has 1 aromatic carbocycles. The van der Waals surface area contributed by atoms with Gasteiger partial charge in [-0.3, -0.25) is 4.98 Å². The quantitative estimate of drug-likeness (QED) is 0.580. The fourth-order valence-electron chi connectivity index (χ4n) is 3.65. The standard InChI is InChI=1S/C20H16ClF4N5O/c21-11-1-3-13-14(6-17(20(23,24)25)29-15(13)5-11)28-8-19(9-30(10-19)18(26)31)16-4-2-12(22)7-27-16/h1-7H,8-10H2,(H2,26,31)(H,28,29). The summed E-state index contributed by atoms with van der Waals surface area (Å²) in [5.41, 5.74) is 4.30. The number of halogens is 5. The molecule has 11 heteroatoms. The number of nitrogens with zero attached hydrogens (tertiary/aromatic N) is 3. The summed E-state index contributed by atoms with van der Waals surface area (Å²) in [6.07, 6.45) is -3.60. The number of likely N-dealkylation sites (tertiary alicyclic amines) is 1. The molecular weight excluding hydrogens is 438 g/mol. The molecule has 3 heterocycles. The Kier molecular flexibility index (Phi) is 5.12. The number of alkyl halides is 3. The number of carbonyl (C=O) groups excluding carboxylic acids is 1. The maximum atomic E-state index is 13.4. The lowest BCUT2D eigenvalue weighted by Gasteiger charge is -2.49. The second-order valence-electron chi connectivity index (χ2n) is 7.40. The number of primary amides is 1. The number of nitrogens with two attached hydrogens (primary N) is 1. The molecule has 3 N–H and O–H groups in total. The average molecular weight is 454 g/mol. The summed E-state index contributed by atoms with van der Waals surface area (Å²) in [6.45, 7) is 0.512. The van der Waals surface area contributed by atoms with E-state index in [9.17, 15) is 22.4 Å². The first-order valence-electron chi connectivity index (χ1n) is 9.15. The highest BCUT2D eigenvalue weighted by Gasteiger charge is 2.47. The average Bonchev–Trinajstić information content (AvgIpc) is 2.66. The minimum Gasteiger partial charge on any atom is -0.383 e. The molecule has 1 saturated heterocycles. The minimum absolute atomic E-state index is 0.0890. The van der Waals surface area contributed by atoms with E-state index in [1.165, 1.54) is 23.1 Å². The highest BCUT2D eigenvalue weighted by Crippen LogP contribution is 2.37. The number of amides is 2. The van der Waals surface area contributed by atoms with E-state index in [0.29, 0.717) is 11.1 Å². The number of benzene rings is 1. The van der Waals surface area contributed by atoms with E-state index < -0.39 is 29.1 Å². The zero-order valence-electron chi connectivity index (χ0n) is 15.9. The van der Waals surface area contributed by atoms with Crippen molar-refractivity contribution in [3.63, 3.8) is 0 Å². The van der Waals surface area contributed by atoms with E-state index in [1.807, 2.05) is 0 Å². The van der Waals surface area contributed by atoms with Gasteiger partial charge in [0, 0.05) is 35.7 Å². The first-order valence-corrected chi connectivity index (χ1v) is 9.53. The molecule has 1 fully saturated rings. The molecule has 6 nitrogen and oxygen atoms in total. The van der Waals surface area contributed by atoms with Crippen LogP contribution in [0.4, 0.5) is 28.0 Å². The topological polar surface area (TPSA) is 84.1 Å². The van der Waals surface area contributed by atoms with Crippen LogP contribution in [0.2, 0.25) is 5.02 Å². The Morgan fingerprint density at radius 1 is 1.23 bits per heavy atom. The predicted molar refractivity (Wildman–Crippen MR) is 107 cm³/mol. The van der Waals surface area contributed by atoms with Gasteiger partial charge >= 0.3 is 12.2 Å². The van der Waals surface area contributed by atoms with Gasteiger partial charge in [0.25, 0.3) is 0 Å². The van der Waals surface area contributed by atoms with Crippen LogP contribution in [0.1, 0.15) is 11.4 Å². The molecule has 1 aliphatic heterocycles. The lowest BCUT2D eigenvalue weighted by Crippen LogP contribution is -2.65. The molecule has 4 rings (SSSR count). The van der Waals surface area contributed by atoms with Gasteiger partial charge in [-0.15, -0.1) is 0 Å². The number of rotatable bonds is 4. The number of anilines is 1. The zero-order chi connectivity index (χ0) is 22.4. The second-order valence-corrected chi connectivity index (χ2v) is 7.84. The van der Waals surface area contributed by atoms with Gasteiger partial charge in [-0.2, -0.15) is 13.2 Å². The Morgan fingerprint density at radius 2 is 1.97 bits per heavy atom. The number of nitrogens with one attached hydrogen (secondary N) is 1. The van der Waals surface area contributed by atoms with Crippen LogP contribution in [-0.2, 0) is 11.6 Å². The lowest BCUT2D eigenvalue weighted by atomic mass is 9.76. The van der Waals surface area contributed by atoms with Gasteiger partial charge < -0.3 is 16.0 Å². The Balaban J connectivity index is 1.70.